The second-order valence-electron chi connectivity index (χ2n) is 6.04. The molecule has 0 spiro atoms. The van der Waals surface area contributed by atoms with E-state index in [1.165, 1.54) is 24.7 Å². The molecule has 1 aromatic rings. The maximum atomic E-state index is 12.5. The van der Waals surface area contributed by atoms with Crippen molar-refractivity contribution < 1.29 is 33.1 Å². The summed E-state index contributed by atoms with van der Waals surface area (Å²) < 4.78 is 32.8. The molecule has 31 heavy (non-hydrogen) atoms. The Morgan fingerprint density at radius 1 is 1.29 bits per heavy atom. The van der Waals surface area contributed by atoms with Crippen molar-refractivity contribution in [2.24, 2.45) is 3.95 Å². The highest BCUT2D eigenvalue weighted by Gasteiger charge is 2.57. The van der Waals surface area contributed by atoms with Crippen LogP contribution < -0.4 is 14.7 Å². The maximum Gasteiger partial charge on any atom is 0.268 e. The van der Waals surface area contributed by atoms with E-state index in [1.807, 2.05) is 0 Å². The molecule has 1 saturated heterocycles. The topological polar surface area (TPSA) is 168 Å². The number of sulfone groups is 1. The number of hydrogen-bond acceptors (Lipinski definition) is 8. The average Bonchev–Trinajstić information content (AvgIpc) is 2.78. The molecular formula is C19H26IN3O7S. The quantitative estimate of drug-likeness (QED) is 0.0796. The molecule has 2 amide bonds. The van der Waals surface area contributed by atoms with Crippen LogP contribution in [0, 0.1) is 11.8 Å². The first-order valence-corrected chi connectivity index (χ1v) is 11.8. The third-order valence-corrected chi connectivity index (χ3v) is 5.98. The Morgan fingerprint density at radius 2 is 1.84 bits per heavy atom. The maximum absolute atomic E-state index is 12.5. The molecular weight excluding hydrogens is 541 g/mol. The molecule has 6 N–H and O–H groups in total. The van der Waals surface area contributed by atoms with Gasteiger partial charge in [0.25, 0.3) is 11.8 Å². The Hall–Kier alpha value is -2.02. The van der Waals surface area contributed by atoms with Crippen LogP contribution in [-0.2, 0) is 19.4 Å². The van der Waals surface area contributed by atoms with Gasteiger partial charge in [0.2, 0.25) is 0 Å². The molecule has 10 nitrogen and oxygen atoms in total. The summed E-state index contributed by atoms with van der Waals surface area (Å²) in [6.45, 7) is 5.96. The Balaban J connectivity index is 0.00000212. The fourth-order valence-electron chi connectivity index (χ4n) is 2.74. The van der Waals surface area contributed by atoms with Gasteiger partial charge in [0.05, 0.1) is 18.1 Å². The number of aliphatic hydroxyl groups is 1. The van der Waals surface area contributed by atoms with Gasteiger partial charge >= 0.3 is 0 Å². The highest BCUT2D eigenvalue weighted by molar-refractivity contribution is 14.1. The average molecular weight is 567 g/mol. The van der Waals surface area contributed by atoms with Crippen molar-refractivity contribution in [2.45, 2.75) is 18.1 Å². The number of rotatable bonds is 6. The van der Waals surface area contributed by atoms with Gasteiger partial charge in [0.1, 0.15) is 11.6 Å². The van der Waals surface area contributed by atoms with Crippen LogP contribution in [0.15, 0.2) is 37.4 Å². The van der Waals surface area contributed by atoms with E-state index in [-0.39, 0.29) is 12.2 Å². The summed E-state index contributed by atoms with van der Waals surface area (Å²) in [5.41, 5.74) is 0.837. The number of hydroxylamine groups is 1. The molecule has 1 heterocycles. The summed E-state index contributed by atoms with van der Waals surface area (Å²) in [6, 6.07) is 4.78. The van der Waals surface area contributed by atoms with E-state index in [1.54, 1.807) is 35.0 Å². The van der Waals surface area contributed by atoms with Crippen LogP contribution in [0.1, 0.15) is 22.3 Å². The SMILES string of the molecule is C=C.COC1(C(NC(=O)c2ccc(C#CCCO)cc2)C(=O)NO)CS(=O)(=O)C1.NI. The van der Waals surface area contributed by atoms with Gasteiger partial charge in [0, 0.05) is 47.5 Å². The molecule has 1 aliphatic rings. The second-order valence-corrected chi connectivity index (χ2v) is 8.10. The Morgan fingerprint density at radius 3 is 2.26 bits per heavy atom. The van der Waals surface area contributed by atoms with Gasteiger partial charge in [-0.05, 0) is 24.3 Å². The summed E-state index contributed by atoms with van der Waals surface area (Å²) in [5.74, 6) is 3.05. The number of methoxy groups -OCH3 is 1. The van der Waals surface area contributed by atoms with Crippen molar-refractivity contribution in [1.82, 2.24) is 10.8 Å². The fourth-order valence-corrected chi connectivity index (χ4v) is 4.72. The highest BCUT2D eigenvalue weighted by atomic mass is 127. The number of aliphatic hydroxyl groups excluding tert-OH is 1. The zero-order valence-corrected chi connectivity index (χ0v) is 19.9. The van der Waals surface area contributed by atoms with Crippen molar-refractivity contribution in [3.8, 4) is 11.8 Å². The third kappa shape index (κ3) is 8.20. The van der Waals surface area contributed by atoms with Crippen molar-refractivity contribution in [1.29, 1.82) is 0 Å². The van der Waals surface area contributed by atoms with Gasteiger partial charge in [0.15, 0.2) is 9.84 Å². The number of nitrogens with one attached hydrogen (secondary N) is 2. The lowest BCUT2D eigenvalue weighted by molar-refractivity contribution is -0.138. The van der Waals surface area contributed by atoms with Crippen molar-refractivity contribution in [2.75, 3.05) is 25.2 Å². The van der Waals surface area contributed by atoms with Gasteiger partial charge in [-0.2, -0.15) is 0 Å². The normalized spacial score (nSPS) is 15.6. The van der Waals surface area contributed by atoms with E-state index >= 15 is 0 Å². The minimum absolute atomic E-state index is 0.0429. The highest BCUT2D eigenvalue weighted by Crippen LogP contribution is 2.31. The number of carbonyl (C=O) groups is 2. The van der Waals surface area contributed by atoms with Crippen LogP contribution in [0.25, 0.3) is 0 Å². The number of benzene rings is 1. The second kappa shape index (κ2) is 14.1. The van der Waals surface area contributed by atoms with Crippen LogP contribution in [-0.4, -0.2) is 67.4 Å². The van der Waals surface area contributed by atoms with E-state index in [2.05, 4.69) is 34.3 Å². The monoisotopic (exact) mass is 567 g/mol. The predicted molar refractivity (Wildman–Crippen MR) is 124 cm³/mol. The summed E-state index contributed by atoms with van der Waals surface area (Å²) >= 11 is 1.65. The molecule has 0 radical (unpaired) electrons. The summed E-state index contributed by atoms with van der Waals surface area (Å²) in [4.78, 5) is 24.5. The number of amides is 2. The number of ether oxygens (including phenoxy) is 1. The smallest absolute Gasteiger partial charge is 0.268 e. The molecule has 12 heteroatoms. The standard InChI is InChI=1S/C17H20N2O7S.C2H4.H2IN/c1-26-17(10-27(24,25)11-17)14(16(22)19-23)18-15(21)13-7-5-12(6-8-13)4-2-3-9-20;2*1-2/h5-8,14,20,23H,3,9-11H2,1H3,(H,18,21)(H,19,22);1-2H2;2H2. The third-order valence-electron chi connectivity index (χ3n) is 4.13. The minimum Gasteiger partial charge on any atom is -0.395 e. The molecule has 2 rings (SSSR count). The van der Waals surface area contributed by atoms with Gasteiger partial charge < -0.3 is 15.2 Å². The van der Waals surface area contributed by atoms with Gasteiger partial charge in [-0.25, -0.2) is 13.9 Å². The van der Waals surface area contributed by atoms with Crippen LogP contribution >= 0.6 is 22.9 Å². The number of hydrogen-bond donors (Lipinski definition) is 5. The molecule has 1 aromatic carbocycles. The summed E-state index contributed by atoms with van der Waals surface area (Å²) in [7, 11) is -2.14. The molecule has 172 valence electrons. The number of nitrogens with two attached hydrogens (primary N) is 1. The van der Waals surface area contributed by atoms with E-state index in [0.29, 0.717) is 12.0 Å². The molecule has 1 aliphatic heterocycles. The zero-order chi connectivity index (χ0) is 24.1. The van der Waals surface area contributed by atoms with Crippen LogP contribution in [0.4, 0.5) is 0 Å². The molecule has 0 bridgehead atoms. The lowest BCUT2D eigenvalue weighted by atomic mass is 9.95. The van der Waals surface area contributed by atoms with Crippen LogP contribution in [0.2, 0.25) is 0 Å². The minimum atomic E-state index is -3.38. The Labute approximate surface area is 195 Å². The lowest BCUT2D eigenvalue weighted by Crippen LogP contribution is -2.71. The first-order chi connectivity index (χ1) is 14.8. The largest absolute Gasteiger partial charge is 0.395 e. The van der Waals surface area contributed by atoms with E-state index in [9.17, 15) is 18.0 Å². The van der Waals surface area contributed by atoms with Crippen molar-refractivity contribution >= 4 is 44.5 Å². The predicted octanol–water partition coefficient (Wildman–Crippen LogP) is -0.0648. The van der Waals surface area contributed by atoms with Crippen molar-refractivity contribution in [3.05, 3.63) is 48.6 Å². The van der Waals surface area contributed by atoms with E-state index in [4.69, 9.17) is 15.1 Å². The molecule has 0 aromatic heterocycles. The summed E-state index contributed by atoms with van der Waals surface area (Å²) in [5, 5.41) is 20.1. The molecule has 1 fully saturated rings. The van der Waals surface area contributed by atoms with Crippen molar-refractivity contribution in [3.63, 3.8) is 0 Å². The van der Waals surface area contributed by atoms with Gasteiger partial charge in [-0.3, -0.25) is 18.7 Å². The van der Waals surface area contributed by atoms with E-state index in [0.717, 1.165) is 0 Å². The van der Waals surface area contributed by atoms with Gasteiger partial charge in [-0.15, -0.1) is 13.2 Å². The molecule has 1 atom stereocenters. The first kappa shape index (κ1) is 29.0. The van der Waals surface area contributed by atoms with Gasteiger partial charge in [-0.1, -0.05) is 11.8 Å². The zero-order valence-electron chi connectivity index (χ0n) is 16.9. The Kier molecular flexibility index (Phi) is 13.2. The van der Waals surface area contributed by atoms with Crippen LogP contribution in [0.5, 0.6) is 0 Å². The summed E-state index contributed by atoms with van der Waals surface area (Å²) in [6.07, 6.45) is 0.336. The number of carbonyl (C=O) groups excluding carboxylic acids is 2. The van der Waals surface area contributed by atoms with Crippen LogP contribution in [0.3, 0.4) is 0 Å². The first-order valence-electron chi connectivity index (χ1n) is 8.69. The Bertz CT molecular complexity index is 883. The van der Waals surface area contributed by atoms with E-state index < -0.39 is 44.8 Å². The number of halogens is 1. The molecule has 0 aliphatic carbocycles. The molecule has 1 unspecified atom stereocenters. The fraction of sp³-hybridized carbons (Fsp3) is 0.368. The lowest BCUT2D eigenvalue weighted by Gasteiger charge is -2.44. The molecule has 0 saturated carbocycles.